The lowest BCUT2D eigenvalue weighted by molar-refractivity contribution is -0.137. The molecule has 1 aromatic carbocycles. The molecule has 2 rings (SSSR count). The Labute approximate surface area is 160 Å². The number of halogens is 1. The summed E-state index contributed by atoms with van der Waals surface area (Å²) in [6.45, 7) is 14.3. The maximum absolute atomic E-state index is 13.8. The van der Waals surface area contributed by atoms with Crippen LogP contribution in [0.4, 0.5) is 4.39 Å². The largest absolute Gasteiger partial charge is 0.460 e. The molecule has 1 atom stereocenters. The number of ether oxygens (including phenoxy) is 1. The summed E-state index contributed by atoms with van der Waals surface area (Å²) >= 11 is 0. The molecule has 0 saturated carbocycles. The van der Waals surface area contributed by atoms with Crippen LogP contribution >= 0.6 is 0 Å². The van der Waals surface area contributed by atoms with Crippen LogP contribution in [0.5, 0.6) is 0 Å². The molecule has 0 radical (unpaired) electrons. The van der Waals surface area contributed by atoms with E-state index in [1.54, 1.807) is 23.8 Å². The fourth-order valence-electron chi connectivity index (χ4n) is 2.68. The number of carbonyl (C=O) groups is 2. The van der Waals surface area contributed by atoms with Gasteiger partial charge < -0.3 is 13.7 Å². The highest BCUT2D eigenvalue weighted by Crippen LogP contribution is 2.39. The van der Waals surface area contributed by atoms with Crippen molar-refractivity contribution >= 4 is 31.0 Å². The zero-order chi connectivity index (χ0) is 20.6. The van der Waals surface area contributed by atoms with Crippen molar-refractivity contribution in [1.29, 1.82) is 0 Å². The van der Waals surface area contributed by atoms with Gasteiger partial charge in [0.2, 0.25) is 0 Å². The number of rotatable bonds is 6. The Morgan fingerprint density at radius 2 is 1.89 bits per heavy atom. The quantitative estimate of drug-likeness (QED) is 0.298. The van der Waals surface area contributed by atoms with Crippen LogP contribution in [0.1, 0.15) is 51.2 Å². The lowest BCUT2D eigenvalue weighted by atomic mass is 10.1. The van der Waals surface area contributed by atoms with Crippen molar-refractivity contribution in [3.63, 3.8) is 0 Å². The molecule has 0 amide bonds. The van der Waals surface area contributed by atoms with Crippen LogP contribution in [-0.2, 0) is 14.0 Å². The predicted molar refractivity (Wildman–Crippen MR) is 106 cm³/mol. The van der Waals surface area contributed by atoms with Gasteiger partial charge in [0.05, 0.1) is 17.7 Å². The number of ketones is 1. The summed E-state index contributed by atoms with van der Waals surface area (Å²) in [5.41, 5.74) is 0.754. The minimum atomic E-state index is -2.07. The van der Waals surface area contributed by atoms with Crippen LogP contribution < -0.4 is 0 Å². The minimum Gasteiger partial charge on any atom is -0.460 e. The van der Waals surface area contributed by atoms with E-state index in [9.17, 15) is 14.0 Å². The molecule has 1 heterocycles. The minimum absolute atomic E-state index is 0.0138. The molecule has 0 spiro atoms. The maximum Gasteiger partial charge on any atom is 0.379 e. The van der Waals surface area contributed by atoms with Gasteiger partial charge in [-0.3, -0.25) is 4.79 Å². The van der Waals surface area contributed by atoms with Gasteiger partial charge in [-0.15, -0.1) is 0 Å². The van der Waals surface area contributed by atoms with Crippen LogP contribution in [-0.4, -0.2) is 31.2 Å². The molecule has 0 saturated heterocycles. The molecular formula is C20H28FNO4Si. The molecule has 0 bridgehead atoms. The average Bonchev–Trinajstić information content (AvgIpc) is 2.91. The van der Waals surface area contributed by atoms with E-state index in [4.69, 9.17) is 9.16 Å². The Balaban J connectivity index is 2.52. The Bertz CT molecular complexity index is 867. The van der Waals surface area contributed by atoms with Gasteiger partial charge in [-0.2, -0.15) is 0 Å². The smallest absolute Gasteiger partial charge is 0.379 e. The number of hydrogen-bond acceptors (Lipinski definition) is 4. The van der Waals surface area contributed by atoms with Gasteiger partial charge in [-0.1, -0.05) is 20.8 Å². The highest BCUT2D eigenvalue weighted by atomic mass is 28.4. The molecular weight excluding hydrogens is 365 g/mol. The standard InChI is InChI=1S/C20H28FNO4Si/c1-8-25-19(24)18(23)16-12-22(17-10-9-14(21)11-15(16)17)13(2)26-27(6,7)20(3,4)5/h9-13H,8H2,1-7H3. The van der Waals surface area contributed by atoms with E-state index in [0.717, 1.165) is 0 Å². The second kappa shape index (κ2) is 7.56. The highest BCUT2D eigenvalue weighted by molar-refractivity contribution is 6.74. The topological polar surface area (TPSA) is 57.5 Å². The van der Waals surface area contributed by atoms with E-state index in [2.05, 4.69) is 33.9 Å². The number of benzene rings is 1. The van der Waals surface area contributed by atoms with Crippen molar-refractivity contribution in [2.75, 3.05) is 6.61 Å². The normalized spacial score (nSPS) is 13.6. The fourth-order valence-corrected chi connectivity index (χ4v) is 4.00. The molecule has 148 valence electrons. The Hall–Kier alpha value is -1.99. The molecule has 0 aliphatic heterocycles. The first-order chi connectivity index (χ1) is 12.4. The SMILES string of the molecule is CCOC(=O)C(=O)c1cn(C(C)O[Si](C)(C)C(C)(C)C)c2ccc(F)cc12. The second-order valence-corrected chi connectivity index (χ2v) is 12.9. The second-order valence-electron chi connectivity index (χ2n) is 8.14. The van der Waals surface area contributed by atoms with Crippen molar-refractivity contribution < 1.29 is 23.1 Å². The fraction of sp³-hybridized carbons (Fsp3) is 0.500. The lowest BCUT2D eigenvalue weighted by Crippen LogP contribution is -2.42. The first-order valence-electron chi connectivity index (χ1n) is 9.08. The molecule has 1 aromatic heterocycles. The third-order valence-electron chi connectivity index (χ3n) is 5.16. The molecule has 2 aromatic rings. The summed E-state index contributed by atoms with van der Waals surface area (Å²) in [5, 5.41) is 0.388. The van der Waals surface area contributed by atoms with Crippen molar-refractivity contribution in [3.8, 4) is 0 Å². The van der Waals surface area contributed by atoms with Gasteiger partial charge >= 0.3 is 5.97 Å². The molecule has 7 heteroatoms. The van der Waals surface area contributed by atoms with Crippen molar-refractivity contribution in [3.05, 3.63) is 35.8 Å². The summed E-state index contributed by atoms with van der Waals surface area (Å²) in [6.07, 6.45) is 1.18. The van der Waals surface area contributed by atoms with E-state index < -0.39 is 25.9 Å². The van der Waals surface area contributed by atoms with Crippen LogP contribution in [0.2, 0.25) is 18.1 Å². The van der Waals surface area contributed by atoms with Gasteiger partial charge in [0.25, 0.3) is 5.78 Å². The van der Waals surface area contributed by atoms with Gasteiger partial charge in [-0.05, 0) is 50.2 Å². The number of nitrogens with zero attached hydrogens (tertiary/aromatic N) is 1. The average molecular weight is 394 g/mol. The lowest BCUT2D eigenvalue weighted by Gasteiger charge is -2.38. The van der Waals surface area contributed by atoms with Gasteiger partial charge in [-0.25, -0.2) is 9.18 Å². The summed E-state index contributed by atoms with van der Waals surface area (Å²) < 4.78 is 26.8. The molecule has 0 aliphatic carbocycles. The van der Waals surface area contributed by atoms with Crippen LogP contribution in [0.25, 0.3) is 10.9 Å². The van der Waals surface area contributed by atoms with E-state index in [0.29, 0.717) is 10.9 Å². The number of fused-ring (bicyclic) bond motifs is 1. The van der Waals surface area contributed by atoms with Gasteiger partial charge in [0.1, 0.15) is 12.0 Å². The van der Waals surface area contributed by atoms with Crippen molar-refractivity contribution in [2.24, 2.45) is 0 Å². The summed E-state index contributed by atoms with van der Waals surface area (Å²) in [7, 11) is -2.07. The molecule has 5 nitrogen and oxygen atoms in total. The van der Waals surface area contributed by atoms with E-state index in [-0.39, 0.29) is 23.4 Å². The van der Waals surface area contributed by atoms with Crippen molar-refractivity contribution in [1.82, 2.24) is 4.57 Å². The molecule has 1 unspecified atom stereocenters. The van der Waals surface area contributed by atoms with Crippen LogP contribution in [0.3, 0.4) is 0 Å². The zero-order valence-electron chi connectivity index (χ0n) is 17.1. The van der Waals surface area contributed by atoms with Crippen LogP contribution in [0.15, 0.2) is 24.4 Å². The molecule has 0 N–H and O–H groups in total. The monoisotopic (exact) mass is 393 g/mol. The third-order valence-corrected chi connectivity index (χ3v) is 9.71. The Kier molecular flexibility index (Phi) is 5.96. The number of hydrogen-bond donors (Lipinski definition) is 0. The molecule has 27 heavy (non-hydrogen) atoms. The highest BCUT2D eigenvalue weighted by Gasteiger charge is 2.39. The third kappa shape index (κ3) is 4.30. The number of aromatic nitrogens is 1. The molecule has 0 aliphatic rings. The van der Waals surface area contributed by atoms with Gasteiger partial charge in [0, 0.05) is 11.6 Å². The number of esters is 1. The van der Waals surface area contributed by atoms with E-state index in [1.165, 1.54) is 12.1 Å². The van der Waals surface area contributed by atoms with E-state index >= 15 is 0 Å². The summed E-state index contributed by atoms with van der Waals surface area (Å²) in [5.74, 6) is -2.21. The van der Waals surface area contributed by atoms with Gasteiger partial charge in [0.15, 0.2) is 8.32 Å². The Morgan fingerprint density at radius 1 is 1.26 bits per heavy atom. The summed E-state index contributed by atoms with van der Waals surface area (Å²) in [4.78, 5) is 24.4. The first-order valence-corrected chi connectivity index (χ1v) is 12.0. The predicted octanol–water partition coefficient (Wildman–Crippen LogP) is 5.07. The first kappa shape index (κ1) is 21.3. The van der Waals surface area contributed by atoms with Crippen molar-refractivity contribution in [2.45, 2.75) is 59.0 Å². The van der Waals surface area contributed by atoms with Crippen LogP contribution in [0, 0.1) is 5.82 Å². The summed E-state index contributed by atoms with van der Waals surface area (Å²) in [6, 6.07) is 4.19. The molecule has 0 fully saturated rings. The zero-order valence-corrected chi connectivity index (χ0v) is 18.1. The van der Waals surface area contributed by atoms with E-state index in [1.807, 2.05) is 6.92 Å². The maximum atomic E-state index is 13.8. The Morgan fingerprint density at radius 3 is 2.44 bits per heavy atom. The number of Topliss-reactive ketones (excluding diaryl/α,β-unsaturated/α-hetero) is 1. The number of carbonyl (C=O) groups excluding carboxylic acids is 2.